The number of hydrogen-bond acceptors (Lipinski definition) is 0. The minimum atomic E-state index is -0.0464. The molecule has 0 aliphatic rings. The van der Waals surface area contributed by atoms with Gasteiger partial charge in [-0.2, -0.15) is 0 Å². The standard InChI is InChI=1S/C50H66/c1-45(2,3)33-23-31-25-41(47(7,8)9)39(29-37(31)43(27-33)49(13,14)15)35-21-19-20-22-36(35)40-30-38-32(26-42(40)48(10,11)12)24-34(46(4,5)6)28-44(38)50(16,17)18/h19-30H,1-18H3. The van der Waals surface area contributed by atoms with Crippen molar-refractivity contribution in [3.8, 4) is 22.3 Å². The lowest BCUT2D eigenvalue weighted by Crippen LogP contribution is -2.18. The van der Waals surface area contributed by atoms with Crippen LogP contribution in [0.2, 0.25) is 0 Å². The Morgan fingerprint density at radius 1 is 0.280 bits per heavy atom. The number of fused-ring (bicyclic) bond motifs is 2. The molecule has 0 amide bonds. The number of benzene rings is 5. The second-order valence-electron chi connectivity index (χ2n) is 21.3. The number of rotatable bonds is 2. The van der Waals surface area contributed by atoms with Crippen LogP contribution in [0, 0.1) is 0 Å². The van der Waals surface area contributed by atoms with Crippen LogP contribution in [0.5, 0.6) is 0 Å². The van der Waals surface area contributed by atoms with Crippen molar-refractivity contribution in [1.29, 1.82) is 0 Å². The highest BCUT2D eigenvalue weighted by molar-refractivity contribution is 5.99. The molecule has 0 heteroatoms. The van der Waals surface area contributed by atoms with E-state index in [0.717, 1.165) is 0 Å². The zero-order valence-corrected chi connectivity index (χ0v) is 34.9. The first-order valence-electron chi connectivity index (χ1n) is 18.9. The van der Waals surface area contributed by atoms with Crippen LogP contribution in [-0.2, 0) is 32.5 Å². The Labute approximate surface area is 306 Å². The summed E-state index contributed by atoms with van der Waals surface area (Å²) >= 11 is 0. The van der Waals surface area contributed by atoms with E-state index in [1.807, 2.05) is 0 Å². The Kier molecular flexibility index (Phi) is 9.17. The molecule has 0 aromatic heterocycles. The molecule has 5 aromatic rings. The predicted octanol–water partition coefficient (Wildman–Crippen LogP) is 15.1. The van der Waals surface area contributed by atoms with E-state index in [1.165, 1.54) is 77.2 Å². The number of hydrogen-bond donors (Lipinski definition) is 0. The Morgan fingerprint density at radius 2 is 0.580 bits per heavy atom. The van der Waals surface area contributed by atoms with Crippen LogP contribution in [-0.4, -0.2) is 0 Å². The van der Waals surface area contributed by atoms with Crippen molar-refractivity contribution < 1.29 is 0 Å². The molecule has 5 rings (SSSR count). The second-order valence-corrected chi connectivity index (χ2v) is 21.3. The third-order valence-electron chi connectivity index (χ3n) is 10.7. The molecular weight excluding hydrogens is 601 g/mol. The van der Waals surface area contributed by atoms with Crippen molar-refractivity contribution in [2.45, 2.75) is 157 Å². The van der Waals surface area contributed by atoms with Gasteiger partial charge < -0.3 is 0 Å². The molecule has 0 aliphatic carbocycles. The van der Waals surface area contributed by atoms with Crippen LogP contribution in [0.25, 0.3) is 43.8 Å². The van der Waals surface area contributed by atoms with Crippen LogP contribution in [0.1, 0.15) is 158 Å². The maximum atomic E-state index is 2.54. The Hall–Kier alpha value is -3.38. The summed E-state index contributed by atoms with van der Waals surface area (Å²) in [5.74, 6) is 0. The minimum Gasteiger partial charge on any atom is -0.0616 e. The summed E-state index contributed by atoms with van der Waals surface area (Å²) in [4.78, 5) is 0. The molecule has 0 fully saturated rings. The van der Waals surface area contributed by atoms with E-state index < -0.39 is 0 Å². The lowest BCUT2D eigenvalue weighted by Gasteiger charge is -2.31. The average Bonchev–Trinajstić information content (AvgIpc) is 2.95. The SMILES string of the molecule is CC(C)(C)c1cc(C(C)(C)C)c2cc(-c3ccccc3-c3cc4c(C(C)(C)C)cc(C(C)(C)C)cc4cc3C(C)(C)C)c(C(C)(C)C)cc2c1. The highest BCUT2D eigenvalue weighted by Crippen LogP contribution is 2.47. The first-order valence-corrected chi connectivity index (χ1v) is 18.9. The molecular formula is C50H66. The molecule has 0 spiro atoms. The molecule has 0 radical (unpaired) electrons. The van der Waals surface area contributed by atoms with Gasteiger partial charge in [-0.1, -0.05) is 173 Å². The van der Waals surface area contributed by atoms with E-state index in [0.29, 0.717) is 0 Å². The van der Waals surface area contributed by atoms with Gasteiger partial charge in [-0.25, -0.2) is 0 Å². The van der Waals surface area contributed by atoms with E-state index in [2.05, 4.69) is 197 Å². The highest BCUT2D eigenvalue weighted by atomic mass is 14.3. The zero-order valence-electron chi connectivity index (χ0n) is 34.9. The lowest BCUT2D eigenvalue weighted by molar-refractivity contribution is 0.572. The van der Waals surface area contributed by atoms with Gasteiger partial charge >= 0.3 is 0 Å². The third-order valence-corrected chi connectivity index (χ3v) is 10.7. The quantitative estimate of drug-likeness (QED) is 0.176. The minimum absolute atomic E-state index is 0.00651. The van der Waals surface area contributed by atoms with Gasteiger partial charge in [-0.05, 0) is 134 Å². The van der Waals surface area contributed by atoms with Gasteiger partial charge in [0.25, 0.3) is 0 Å². The molecule has 0 unspecified atom stereocenters. The second kappa shape index (κ2) is 12.1. The van der Waals surface area contributed by atoms with Crippen molar-refractivity contribution in [1.82, 2.24) is 0 Å². The largest absolute Gasteiger partial charge is 0.0616 e. The van der Waals surface area contributed by atoms with E-state index >= 15 is 0 Å². The molecule has 266 valence electrons. The van der Waals surface area contributed by atoms with Gasteiger partial charge in [0.05, 0.1) is 0 Å². The van der Waals surface area contributed by atoms with Crippen LogP contribution < -0.4 is 0 Å². The van der Waals surface area contributed by atoms with Crippen LogP contribution in [0.4, 0.5) is 0 Å². The van der Waals surface area contributed by atoms with E-state index in [4.69, 9.17) is 0 Å². The molecule has 5 aromatic carbocycles. The Bertz CT molecular complexity index is 1920. The average molecular weight is 667 g/mol. The fourth-order valence-electron chi connectivity index (χ4n) is 7.57. The zero-order chi connectivity index (χ0) is 37.6. The van der Waals surface area contributed by atoms with Gasteiger partial charge in [0.2, 0.25) is 0 Å². The van der Waals surface area contributed by atoms with Crippen LogP contribution in [0.3, 0.4) is 0 Å². The summed E-state index contributed by atoms with van der Waals surface area (Å²) in [5, 5.41) is 5.42. The predicted molar refractivity (Wildman–Crippen MR) is 225 cm³/mol. The van der Waals surface area contributed by atoms with Gasteiger partial charge in [0.15, 0.2) is 0 Å². The molecule has 0 heterocycles. The van der Waals surface area contributed by atoms with E-state index in [1.54, 1.807) is 0 Å². The van der Waals surface area contributed by atoms with Crippen molar-refractivity contribution in [2.75, 3.05) is 0 Å². The fraction of sp³-hybridized carbons (Fsp3) is 0.480. The molecule has 0 atom stereocenters. The smallest absolute Gasteiger partial charge is 0.0102 e. The van der Waals surface area contributed by atoms with Crippen molar-refractivity contribution in [2.24, 2.45) is 0 Å². The van der Waals surface area contributed by atoms with Gasteiger partial charge in [0, 0.05) is 0 Å². The molecule has 0 N–H and O–H groups in total. The summed E-state index contributed by atoms with van der Waals surface area (Å²) < 4.78 is 0. The normalized spacial score (nSPS) is 13.8. The first kappa shape index (κ1) is 37.9. The maximum absolute atomic E-state index is 2.54. The van der Waals surface area contributed by atoms with Crippen LogP contribution in [0.15, 0.2) is 72.8 Å². The van der Waals surface area contributed by atoms with Crippen molar-refractivity contribution in [3.05, 3.63) is 106 Å². The van der Waals surface area contributed by atoms with Gasteiger partial charge in [0.1, 0.15) is 0 Å². The van der Waals surface area contributed by atoms with E-state index in [-0.39, 0.29) is 32.5 Å². The third kappa shape index (κ3) is 7.33. The summed E-state index contributed by atoms with van der Waals surface area (Å²) in [6, 6.07) is 29.2. The topological polar surface area (TPSA) is 0 Å². The van der Waals surface area contributed by atoms with Crippen molar-refractivity contribution >= 4 is 21.5 Å². The molecule has 50 heavy (non-hydrogen) atoms. The van der Waals surface area contributed by atoms with Gasteiger partial charge in [-0.15, -0.1) is 0 Å². The monoisotopic (exact) mass is 667 g/mol. The van der Waals surface area contributed by atoms with Gasteiger partial charge in [-0.3, -0.25) is 0 Å². The molecule has 0 nitrogen and oxygen atoms in total. The summed E-state index contributed by atoms with van der Waals surface area (Å²) in [5.41, 5.74) is 13.8. The summed E-state index contributed by atoms with van der Waals surface area (Å²) in [6.45, 7) is 42.4. The fourth-order valence-corrected chi connectivity index (χ4v) is 7.57. The molecule has 0 saturated carbocycles. The highest BCUT2D eigenvalue weighted by Gasteiger charge is 2.29. The lowest BCUT2D eigenvalue weighted by atomic mass is 9.73. The summed E-state index contributed by atoms with van der Waals surface area (Å²) in [6.07, 6.45) is 0. The molecule has 0 aliphatic heterocycles. The van der Waals surface area contributed by atoms with E-state index in [9.17, 15) is 0 Å². The van der Waals surface area contributed by atoms with Crippen molar-refractivity contribution in [3.63, 3.8) is 0 Å². The van der Waals surface area contributed by atoms with Crippen LogP contribution >= 0.6 is 0 Å². The maximum Gasteiger partial charge on any atom is -0.0102 e. The summed E-state index contributed by atoms with van der Waals surface area (Å²) in [7, 11) is 0. The Balaban J connectivity index is 1.94. The molecule has 0 saturated heterocycles. The molecule has 0 bridgehead atoms. The Morgan fingerprint density at radius 3 is 0.840 bits per heavy atom. The first-order chi connectivity index (χ1) is 22.6.